The van der Waals surface area contributed by atoms with E-state index in [2.05, 4.69) is 25.6 Å². The molecule has 0 saturated carbocycles. The molecule has 0 fully saturated rings. The summed E-state index contributed by atoms with van der Waals surface area (Å²) in [5, 5.41) is 7.43. The maximum atomic E-state index is 11.4. The highest BCUT2D eigenvalue weighted by molar-refractivity contribution is 5.95. The number of pyridine rings is 1. The topological polar surface area (TPSA) is 106 Å². The van der Waals surface area contributed by atoms with Crippen LogP contribution < -0.4 is 16.4 Å². The average molecular weight is 384 g/mol. The number of nitrogens with one attached hydrogen (secondary N) is 2. The van der Waals surface area contributed by atoms with Gasteiger partial charge in [0, 0.05) is 28.0 Å². The van der Waals surface area contributed by atoms with Crippen molar-refractivity contribution in [2.45, 2.75) is 13.8 Å². The molecular formula is C22H20N6O. The minimum atomic E-state index is 0.0179. The Morgan fingerprint density at radius 2 is 1.66 bits per heavy atom. The van der Waals surface area contributed by atoms with Crippen LogP contribution in [0.1, 0.15) is 23.0 Å². The molecule has 7 heteroatoms. The van der Waals surface area contributed by atoms with Gasteiger partial charge in [-0.05, 0) is 62.4 Å². The number of nitrogen functional groups attached to an aromatic ring is 1. The first-order chi connectivity index (χ1) is 14.0. The van der Waals surface area contributed by atoms with Crippen molar-refractivity contribution in [1.29, 1.82) is 0 Å². The third-order valence-corrected chi connectivity index (χ3v) is 4.56. The maximum absolute atomic E-state index is 11.4. The van der Waals surface area contributed by atoms with Gasteiger partial charge in [-0.1, -0.05) is 6.07 Å². The normalized spacial score (nSPS) is 10.7. The van der Waals surface area contributed by atoms with Crippen LogP contribution in [0.4, 0.5) is 28.7 Å². The zero-order valence-corrected chi connectivity index (χ0v) is 16.1. The molecule has 0 aliphatic heterocycles. The Kier molecular flexibility index (Phi) is 4.78. The second kappa shape index (κ2) is 7.55. The SMILES string of the molecule is CC(=O)c1ccc(Nc2ncnc(Nc3cccc4nc(C)ccc34)c2N)cc1. The molecule has 7 nitrogen and oxygen atoms in total. The lowest BCUT2D eigenvalue weighted by Gasteiger charge is -2.14. The van der Waals surface area contributed by atoms with Gasteiger partial charge in [0.25, 0.3) is 0 Å². The molecule has 0 amide bonds. The molecule has 4 N–H and O–H groups in total. The van der Waals surface area contributed by atoms with Crippen molar-refractivity contribution < 1.29 is 4.79 Å². The Morgan fingerprint density at radius 3 is 2.38 bits per heavy atom. The van der Waals surface area contributed by atoms with E-state index < -0.39 is 0 Å². The minimum absolute atomic E-state index is 0.0179. The smallest absolute Gasteiger partial charge is 0.159 e. The number of Topliss-reactive ketones (excluding diaryl/α,β-unsaturated/α-hetero) is 1. The van der Waals surface area contributed by atoms with E-state index in [1.165, 1.54) is 13.3 Å². The zero-order chi connectivity index (χ0) is 20.4. The van der Waals surface area contributed by atoms with Gasteiger partial charge < -0.3 is 16.4 Å². The lowest BCUT2D eigenvalue weighted by Crippen LogP contribution is -2.05. The van der Waals surface area contributed by atoms with E-state index in [0.29, 0.717) is 22.9 Å². The number of nitrogens with two attached hydrogens (primary N) is 1. The van der Waals surface area contributed by atoms with Gasteiger partial charge >= 0.3 is 0 Å². The van der Waals surface area contributed by atoms with Crippen molar-refractivity contribution >= 4 is 45.4 Å². The fraction of sp³-hybridized carbons (Fsp3) is 0.0909. The van der Waals surface area contributed by atoms with Crippen LogP contribution in [-0.2, 0) is 0 Å². The zero-order valence-electron chi connectivity index (χ0n) is 16.1. The first-order valence-corrected chi connectivity index (χ1v) is 9.13. The number of benzene rings is 2. The van der Waals surface area contributed by atoms with Gasteiger partial charge in [0.15, 0.2) is 17.4 Å². The van der Waals surface area contributed by atoms with Crippen molar-refractivity contribution in [3.05, 3.63) is 72.2 Å². The summed E-state index contributed by atoms with van der Waals surface area (Å²) in [6.45, 7) is 3.50. The summed E-state index contributed by atoms with van der Waals surface area (Å²) in [5.74, 6) is 0.993. The second-order valence-electron chi connectivity index (χ2n) is 6.69. The fourth-order valence-corrected chi connectivity index (χ4v) is 3.01. The predicted octanol–water partition coefficient (Wildman–Crippen LogP) is 4.61. The van der Waals surface area contributed by atoms with Gasteiger partial charge in [-0.15, -0.1) is 0 Å². The Morgan fingerprint density at radius 1 is 0.931 bits per heavy atom. The number of fused-ring (bicyclic) bond motifs is 1. The molecule has 0 aliphatic carbocycles. The predicted molar refractivity (Wildman–Crippen MR) is 116 cm³/mol. The summed E-state index contributed by atoms with van der Waals surface area (Å²) < 4.78 is 0. The molecule has 2 heterocycles. The Labute approximate surface area is 168 Å². The summed E-state index contributed by atoms with van der Waals surface area (Å²) in [6, 6.07) is 17.0. The van der Waals surface area contributed by atoms with Gasteiger partial charge in [-0.25, -0.2) is 9.97 Å². The average Bonchev–Trinajstić information content (AvgIpc) is 2.71. The number of anilines is 5. The van der Waals surface area contributed by atoms with Crippen LogP contribution in [0.5, 0.6) is 0 Å². The van der Waals surface area contributed by atoms with Crippen molar-refractivity contribution in [2.75, 3.05) is 16.4 Å². The summed E-state index contributed by atoms with van der Waals surface area (Å²) in [5.41, 5.74) is 10.8. The van der Waals surface area contributed by atoms with E-state index in [4.69, 9.17) is 5.73 Å². The first kappa shape index (κ1) is 18.4. The van der Waals surface area contributed by atoms with Gasteiger partial charge in [0.05, 0.1) is 5.52 Å². The molecule has 29 heavy (non-hydrogen) atoms. The number of carbonyl (C=O) groups is 1. The van der Waals surface area contributed by atoms with E-state index in [-0.39, 0.29) is 5.78 Å². The van der Waals surface area contributed by atoms with Crippen LogP contribution in [0.15, 0.2) is 60.9 Å². The number of ketones is 1. The number of aromatic nitrogens is 3. The van der Waals surface area contributed by atoms with Gasteiger partial charge in [-0.2, -0.15) is 0 Å². The Hall–Kier alpha value is -4.00. The van der Waals surface area contributed by atoms with E-state index in [0.717, 1.165) is 28.0 Å². The minimum Gasteiger partial charge on any atom is -0.393 e. The second-order valence-corrected chi connectivity index (χ2v) is 6.69. The van der Waals surface area contributed by atoms with Crippen LogP contribution in [-0.4, -0.2) is 20.7 Å². The standard InChI is InChI=1S/C22H20N6O/c1-13-6-11-17-18(26-13)4-3-5-19(17)28-22-20(23)21(24-12-25-22)27-16-9-7-15(8-10-16)14(2)29/h3-12H,23H2,1-2H3,(H2,24,25,27,28). The molecule has 0 radical (unpaired) electrons. The van der Waals surface area contributed by atoms with Crippen LogP contribution in [0.2, 0.25) is 0 Å². The van der Waals surface area contributed by atoms with Gasteiger partial charge in [-0.3, -0.25) is 9.78 Å². The fourth-order valence-electron chi connectivity index (χ4n) is 3.01. The number of rotatable bonds is 5. The summed E-state index contributed by atoms with van der Waals surface area (Å²) in [6.07, 6.45) is 1.44. The molecule has 2 aromatic carbocycles. The molecule has 0 saturated heterocycles. The third-order valence-electron chi connectivity index (χ3n) is 4.56. The number of aryl methyl sites for hydroxylation is 1. The summed E-state index contributed by atoms with van der Waals surface area (Å²) in [4.78, 5) is 24.5. The quantitative estimate of drug-likeness (QED) is 0.432. The molecule has 0 spiro atoms. The lowest BCUT2D eigenvalue weighted by atomic mass is 10.1. The van der Waals surface area contributed by atoms with Crippen LogP contribution >= 0.6 is 0 Å². The van der Waals surface area contributed by atoms with Crippen LogP contribution in [0.3, 0.4) is 0 Å². The molecule has 0 atom stereocenters. The molecule has 144 valence electrons. The number of hydrogen-bond donors (Lipinski definition) is 3. The highest BCUT2D eigenvalue weighted by Gasteiger charge is 2.11. The van der Waals surface area contributed by atoms with E-state index in [1.807, 2.05) is 49.4 Å². The summed E-state index contributed by atoms with van der Waals surface area (Å²) >= 11 is 0. The van der Waals surface area contributed by atoms with Gasteiger partial charge in [0.1, 0.15) is 12.0 Å². The monoisotopic (exact) mass is 384 g/mol. The van der Waals surface area contributed by atoms with Crippen molar-refractivity contribution in [2.24, 2.45) is 0 Å². The highest BCUT2D eigenvalue weighted by Crippen LogP contribution is 2.31. The van der Waals surface area contributed by atoms with Crippen LogP contribution in [0, 0.1) is 6.92 Å². The van der Waals surface area contributed by atoms with Crippen molar-refractivity contribution in [1.82, 2.24) is 15.0 Å². The molecule has 4 aromatic rings. The van der Waals surface area contributed by atoms with Crippen molar-refractivity contribution in [3.63, 3.8) is 0 Å². The lowest BCUT2D eigenvalue weighted by molar-refractivity contribution is 0.101. The maximum Gasteiger partial charge on any atom is 0.159 e. The Bertz CT molecular complexity index is 1200. The molecule has 4 rings (SSSR count). The Balaban J connectivity index is 1.63. The van der Waals surface area contributed by atoms with Crippen LogP contribution in [0.25, 0.3) is 10.9 Å². The third kappa shape index (κ3) is 3.84. The number of hydrogen-bond acceptors (Lipinski definition) is 7. The van der Waals surface area contributed by atoms with E-state index in [9.17, 15) is 4.79 Å². The van der Waals surface area contributed by atoms with Crippen molar-refractivity contribution in [3.8, 4) is 0 Å². The molecular weight excluding hydrogens is 364 g/mol. The number of carbonyl (C=O) groups excluding carboxylic acids is 1. The van der Waals surface area contributed by atoms with Gasteiger partial charge in [0.2, 0.25) is 0 Å². The largest absolute Gasteiger partial charge is 0.393 e. The van der Waals surface area contributed by atoms with E-state index in [1.54, 1.807) is 12.1 Å². The molecule has 2 aromatic heterocycles. The molecule has 0 aliphatic rings. The first-order valence-electron chi connectivity index (χ1n) is 9.13. The summed E-state index contributed by atoms with van der Waals surface area (Å²) in [7, 11) is 0. The molecule has 0 unspecified atom stereocenters. The van der Waals surface area contributed by atoms with E-state index >= 15 is 0 Å². The number of nitrogens with zero attached hydrogens (tertiary/aromatic N) is 3. The highest BCUT2D eigenvalue weighted by atomic mass is 16.1. The molecule has 0 bridgehead atoms.